The van der Waals surface area contributed by atoms with Crippen molar-refractivity contribution in [2.75, 3.05) is 11.9 Å². The molecular formula is C17H19FN2OS. The molecule has 3 rings (SSSR count). The van der Waals surface area contributed by atoms with Gasteiger partial charge in [-0.15, -0.1) is 11.3 Å². The molecule has 0 aliphatic heterocycles. The molecule has 0 atom stereocenters. The maximum atomic E-state index is 13.5. The van der Waals surface area contributed by atoms with Crippen LogP contribution < -0.4 is 10.6 Å². The first-order valence-corrected chi connectivity index (χ1v) is 8.41. The van der Waals surface area contributed by atoms with Gasteiger partial charge < -0.3 is 10.6 Å². The summed E-state index contributed by atoms with van der Waals surface area (Å²) in [6, 6.07) is 10.0. The molecule has 1 saturated carbocycles. The van der Waals surface area contributed by atoms with Crippen molar-refractivity contribution in [3.63, 3.8) is 0 Å². The van der Waals surface area contributed by atoms with E-state index >= 15 is 0 Å². The van der Waals surface area contributed by atoms with Gasteiger partial charge in [-0.05, 0) is 36.4 Å². The van der Waals surface area contributed by atoms with Gasteiger partial charge in [0.2, 0.25) is 0 Å². The van der Waals surface area contributed by atoms with Crippen molar-refractivity contribution in [3.05, 3.63) is 52.5 Å². The average Bonchev–Trinajstić information content (AvgIpc) is 3.19. The minimum atomic E-state index is -0.425. The van der Waals surface area contributed by atoms with E-state index in [9.17, 15) is 9.18 Å². The van der Waals surface area contributed by atoms with E-state index in [-0.39, 0.29) is 17.1 Å². The molecule has 1 aliphatic rings. The molecule has 1 fully saturated rings. The first-order chi connectivity index (χ1) is 10.7. The molecule has 0 spiro atoms. The van der Waals surface area contributed by atoms with E-state index in [0.717, 1.165) is 12.8 Å². The van der Waals surface area contributed by atoms with Crippen molar-refractivity contribution in [1.82, 2.24) is 5.32 Å². The predicted molar refractivity (Wildman–Crippen MR) is 87.9 cm³/mol. The average molecular weight is 318 g/mol. The molecule has 5 heteroatoms. The second-order valence-corrected chi connectivity index (χ2v) is 6.70. The standard InChI is InChI=1S/C17H19FN2OS/c18-13-6-1-2-7-14(13)20-16(21)19-12-17(9-3-4-10-17)15-8-5-11-22-15/h1-2,5-8,11H,3-4,9-10,12H2,(H2,19,20,21). The first kappa shape index (κ1) is 15.0. The third kappa shape index (κ3) is 3.14. The smallest absolute Gasteiger partial charge is 0.319 e. The van der Waals surface area contributed by atoms with Gasteiger partial charge in [-0.2, -0.15) is 0 Å². The number of para-hydroxylation sites is 1. The lowest BCUT2D eigenvalue weighted by molar-refractivity contribution is 0.248. The van der Waals surface area contributed by atoms with Crippen LogP contribution in [0.15, 0.2) is 41.8 Å². The SMILES string of the molecule is O=C(NCC1(c2cccs2)CCCC1)Nc1ccccc1F. The number of amides is 2. The Morgan fingerprint density at radius 1 is 1.18 bits per heavy atom. The van der Waals surface area contributed by atoms with Crippen LogP contribution in [-0.4, -0.2) is 12.6 Å². The van der Waals surface area contributed by atoms with Gasteiger partial charge in [-0.3, -0.25) is 0 Å². The van der Waals surface area contributed by atoms with E-state index in [1.54, 1.807) is 29.5 Å². The largest absolute Gasteiger partial charge is 0.337 e. The molecule has 0 unspecified atom stereocenters. The minimum absolute atomic E-state index is 0.0424. The fraction of sp³-hybridized carbons (Fsp3) is 0.353. The number of carbonyl (C=O) groups is 1. The van der Waals surface area contributed by atoms with E-state index in [2.05, 4.69) is 28.1 Å². The number of nitrogens with one attached hydrogen (secondary N) is 2. The Morgan fingerprint density at radius 3 is 2.64 bits per heavy atom. The zero-order chi connectivity index (χ0) is 15.4. The van der Waals surface area contributed by atoms with E-state index in [4.69, 9.17) is 0 Å². The van der Waals surface area contributed by atoms with Crippen LogP contribution in [0, 0.1) is 5.82 Å². The number of hydrogen-bond donors (Lipinski definition) is 2. The summed E-state index contributed by atoms with van der Waals surface area (Å²) in [5, 5.41) is 7.57. The zero-order valence-corrected chi connectivity index (χ0v) is 13.1. The highest BCUT2D eigenvalue weighted by molar-refractivity contribution is 7.10. The van der Waals surface area contributed by atoms with Crippen LogP contribution in [0.3, 0.4) is 0 Å². The number of urea groups is 1. The number of rotatable bonds is 4. The minimum Gasteiger partial charge on any atom is -0.337 e. The van der Waals surface area contributed by atoms with Gasteiger partial charge in [0.1, 0.15) is 5.82 Å². The summed E-state index contributed by atoms with van der Waals surface area (Å²) in [4.78, 5) is 13.4. The van der Waals surface area contributed by atoms with Crippen LogP contribution in [0.25, 0.3) is 0 Å². The normalized spacial score (nSPS) is 16.4. The third-order valence-electron chi connectivity index (χ3n) is 4.31. The molecule has 0 saturated heterocycles. The van der Waals surface area contributed by atoms with Gasteiger partial charge in [-0.1, -0.05) is 31.0 Å². The lowest BCUT2D eigenvalue weighted by Crippen LogP contribution is -2.40. The highest BCUT2D eigenvalue weighted by atomic mass is 32.1. The summed E-state index contributed by atoms with van der Waals surface area (Å²) in [7, 11) is 0. The molecule has 22 heavy (non-hydrogen) atoms. The highest BCUT2D eigenvalue weighted by Gasteiger charge is 2.36. The van der Waals surface area contributed by atoms with Crippen LogP contribution in [0.1, 0.15) is 30.6 Å². The van der Waals surface area contributed by atoms with Gasteiger partial charge in [0.25, 0.3) is 0 Å². The summed E-state index contributed by atoms with van der Waals surface area (Å²) in [5.41, 5.74) is 0.248. The number of halogens is 1. The van der Waals surface area contributed by atoms with Gasteiger partial charge in [0, 0.05) is 16.8 Å². The van der Waals surface area contributed by atoms with Crippen molar-refractivity contribution >= 4 is 23.1 Å². The van der Waals surface area contributed by atoms with Crippen LogP contribution in [-0.2, 0) is 5.41 Å². The lowest BCUT2D eigenvalue weighted by atomic mass is 9.84. The van der Waals surface area contributed by atoms with E-state index in [1.165, 1.54) is 23.8 Å². The second kappa shape index (κ2) is 6.48. The highest BCUT2D eigenvalue weighted by Crippen LogP contribution is 2.42. The van der Waals surface area contributed by atoms with Crippen molar-refractivity contribution in [2.45, 2.75) is 31.1 Å². The molecule has 2 amide bonds. The summed E-state index contributed by atoms with van der Waals surface area (Å²) >= 11 is 1.75. The predicted octanol–water partition coefficient (Wildman–Crippen LogP) is 4.52. The molecule has 2 aromatic rings. The van der Waals surface area contributed by atoms with Gasteiger partial charge >= 0.3 is 6.03 Å². The number of hydrogen-bond acceptors (Lipinski definition) is 2. The van der Waals surface area contributed by atoms with E-state index < -0.39 is 5.82 Å². The molecule has 3 nitrogen and oxygen atoms in total. The van der Waals surface area contributed by atoms with Crippen LogP contribution >= 0.6 is 11.3 Å². The zero-order valence-electron chi connectivity index (χ0n) is 12.3. The molecule has 1 aliphatic carbocycles. The quantitative estimate of drug-likeness (QED) is 0.855. The summed E-state index contributed by atoms with van der Waals surface area (Å²) in [5.74, 6) is -0.425. The third-order valence-corrected chi connectivity index (χ3v) is 5.43. The molecule has 2 N–H and O–H groups in total. The van der Waals surface area contributed by atoms with E-state index in [0.29, 0.717) is 6.54 Å². The summed E-state index contributed by atoms with van der Waals surface area (Å²) < 4.78 is 13.5. The fourth-order valence-electron chi connectivity index (χ4n) is 3.12. The molecule has 1 heterocycles. The molecule has 1 aromatic carbocycles. The number of anilines is 1. The Bertz CT molecular complexity index is 636. The summed E-state index contributed by atoms with van der Waals surface area (Å²) in [6.07, 6.45) is 4.56. The number of benzene rings is 1. The summed E-state index contributed by atoms with van der Waals surface area (Å²) in [6.45, 7) is 0.591. The maximum absolute atomic E-state index is 13.5. The Labute approximate surface area is 133 Å². The van der Waals surface area contributed by atoms with Crippen LogP contribution in [0.2, 0.25) is 0 Å². The van der Waals surface area contributed by atoms with Crippen molar-refractivity contribution in [3.8, 4) is 0 Å². The topological polar surface area (TPSA) is 41.1 Å². The van der Waals surface area contributed by atoms with E-state index in [1.807, 2.05) is 0 Å². The second-order valence-electron chi connectivity index (χ2n) is 5.75. The Kier molecular flexibility index (Phi) is 4.43. The van der Waals surface area contributed by atoms with Crippen molar-refractivity contribution in [2.24, 2.45) is 0 Å². The lowest BCUT2D eigenvalue weighted by Gasteiger charge is -2.28. The van der Waals surface area contributed by atoms with Crippen LogP contribution in [0.5, 0.6) is 0 Å². The van der Waals surface area contributed by atoms with Gasteiger partial charge in [-0.25, -0.2) is 9.18 Å². The Balaban J connectivity index is 1.63. The molecule has 116 valence electrons. The van der Waals surface area contributed by atoms with Gasteiger partial charge in [0.15, 0.2) is 0 Å². The van der Waals surface area contributed by atoms with Crippen molar-refractivity contribution in [1.29, 1.82) is 0 Å². The fourth-order valence-corrected chi connectivity index (χ4v) is 4.11. The first-order valence-electron chi connectivity index (χ1n) is 7.53. The maximum Gasteiger partial charge on any atom is 0.319 e. The Morgan fingerprint density at radius 2 is 1.95 bits per heavy atom. The monoisotopic (exact) mass is 318 g/mol. The molecule has 1 aromatic heterocycles. The molecule has 0 radical (unpaired) electrons. The molecule has 0 bridgehead atoms. The van der Waals surface area contributed by atoms with Crippen molar-refractivity contribution < 1.29 is 9.18 Å². The Hall–Kier alpha value is -1.88. The van der Waals surface area contributed by atoms with Gasteiger partial charge in [0.05, 0.1) is 5.69 Å². The number of carbonyl (C=O) groups excluding carboxylic acids is 1. The molecular weight excluding hydrogens is 299 g/mol. The van der Waals surface area contributed by atoms with Crippen LogP contribution in [0.4, 0.5) is 14.9 Å². The number of thiophene rings is 1.